The molecule has 162 valence electrons. The molecule has 3 rings (SSSR count). The molecule has 31 heavy (non-hydrogen) atoms. The quantitative estimate of drug-likeness (QED) is 0.216. The van der Waals surface area contributed by atoms with Gasteiger partial charge in [0, 0.05) is 10.8 Å². The van der Waals surface area contributed by atoms with Crippen LogP contribution in [0, 0.1) is 0 Å². The first kappa shape index (κ1) is 23.6. The Labute approximate surface area is 198 Å². The molecule has 0 aliphatic rings. The summed E-state index contributed by atoms with van der Waals surface area (Å²) in [6.07, 6.45) is 2.56. The smallest absolute Gasteiger partial charge is 0.250 e. The molecule has 0 bridgehead atoms. The van der Waals surface area contributed by atoms with E-state index in [1.54, 1.807) is 18.0 Å². The van der Waals surface area contributed by atoms with E-state index < -0.39 is 0 Å². The van der Waals surface area contributed by atoms with Gasteiger partial charge in [0.15, 0.2) is 8.68 Å². The van der Waals surface area contributed by atoms with Gasteiger partial charge in [0.25, 0.3) is 5.91 Å². The molecule has 1 heterocycles. The highest BCUT2D eigenvalue weighted by Gasteiger charge is 2.09. The summed E-state index contributed by atoms with van der Waals surface area (Å²) in [5.74, 6) is 1.55. The van der Waals surface area contributed by atoms with E-state index >= 15 is 0 Å². The number of aromatic nitrogens is 2. The molecule has 0 saturated carbocycles. The summed E-state index contributed by atoms with van der Waals surface area (Å²) in [4.78, 5) is 12.0. The number of hydrazone groups is 1. The normalized spacial score (nSPS) is 11.0. The van der Waals surface area contributed by atoms with Crippen molar-refractivity contribution < 1.29 is 9.53 Å². The number of benzene rings is 2. The first-order valence-corrected chi connectivity index (χ1v) is 12.7. The zero-order valence-corrected chi connectivity index (χ0v) is 20.0. The molecule has 0 saturated heterocycles. The van der Waals surface area contributed by atoms with E-state index in [4.69, 9.17) is 16.3 Å². The Hall–Kier alpha value is -2.07. The molecular weight excluding hydrogens is 472 g/mol. The molecule has 1 aromatic heterocycles. The first-order chi connectivity index (χ1) is 15.1. The Morgan fingerprint density at radius 1 is 1.16 bits per heavy atom. The molecule has 0 radical (unpaired) electrons. The molecular formula is C21H21ClN4O2S3. The lowest BCUT2D eigenvalue weighted by Crippen LogP contribution is -2.19. The van der Waals surface area contributed by atoms with E-state index in [1.807, 2.05) is 48.5 Å². The predicted octanol–water partition coefficient (Wildman–Crippen LogP) is 5.52. The minimum atomic E-state index is -0.204. The summed E-state index contributed by atoms with van der Waals surface area (Å²) in [6.45, 7) is 2.75. The number of halogens is 1. The van der Waals surface area contributed by atoms with Gasteiger partial charge in [0.1, 0.15) is 5.75 Å². The highest BCUT2D eigenvalue weighted by molar-refractivity contribution is 8.03. The van der Waals surface area contributed by atoms with Crippen molar-refractivity contribution in [2.75, 3.05) is 12.4 Å². The average Bonchev–Trinajstić information content (AvgIpc) is 3.24. The molecule has 2 aromatic carbocycles. The Morgan fingerprint density at radius 3 is 2.65 bits per heavy atom. The van der Waals surface area contributed by atoms with Gasteiger partial charge in [0.05, 0.1) is 18.6 Å². The van der Waals surface area contributed by atoms with E-state index in [2.05, 4.69) is 27.6 Å². The number of thioether (sulfide) groups is 2. The lowest BCUT2D eigenvalue weighted by molar-refractivity contribution is -0.118. The van der Waals surface area contributed by atoms with Gasteiger partial charge in [-0.2, -0.15) is 5.10 Å². The second kappa shape index (κ2) is 12.7. The third kappa shape index (κ3) is 8.17. The third-order valence-corrected chi connectivity index (χ3v) is 7.39. The Morgan fingerprint density at radius 2 is 1.90 bits per heavy atom. The molecule has 3 aromatic rings. The number of carbonyl (C=O) groups is 1. The van der Waals surface area contributed by atoms with Crippen molar-refractivity contribution in [1.82, 2.24) is 15.6 Å². The van der Waals surface area contributed by atoms with E-state index in [0.717, 1.165) is 42.8 Å². The Bertz CT molecular complexity index is 1010. The minimum absolute atomic E-state index is 0.204. The van der Waals surface area contributed by atoms with Crippen LogP contribution in [0.1, 0.15) is 24.5 Å². The summed E-state index contributed by atoms with van der Waals surface area (Å²) < 4.78 is 7.12. The van der Waals surface area contributed by atoms with Gasteiger partial charge in [0.2, 0.25) is 0 Å². The lowest BCUT2D eigenvalue weighted by atomic mass is 10.2. The van der Waals surface area contributed by atoms with Crippen LogP contribution in [0.2, 0.25) is 5.02 Å². The van der Waals surface area contributed by atoms with Crippen molar-refractivity contribution in [1.29, 1.82) is 0 Å². The number of ether oxygens (including phenoxy) is 1. The monoisotopic (exact) mass is 492 g/mol. The molecule has 0 fully saturated rings. The van der Waals surface area contributed by atoms with Crippen LogP contribution in [0.5, 0.6) is 5.75 Å². The SMILES string of the molecule is CCCOc1ccc(/C=N\NC(=O)CSc2nnc(SCc3ccccc3Cl)s2)cc1. The van der Waals surface area contributed by atoms with Crippen LogP contribution in [0.25, 0.3) is 0 Å². The molecule has 1 N–H and O–H groups in total. The molecule has 6 nitrogen and oxygen atoms in total. The molecule has 0 aliphatic carbocycles. The summed E-state index contributed by atoms with van der Waals surface area (Å²) >= 11 is 10.5. The summed E-state index contributed by atoms with van der Waals surface area (Å²) in [5.41, 5.74) is 4.46. The van der Waals surface area contributed by atoms with Gasteiger partial charge in [-0.3, -0.25) is 4.79 Å². The largest absolute Gasteiger partial charge is 0.494 e. The number of nitrogens with zero attached hydrogens (tertiary/aromatic N) is 3. The van der Waals surface area contributed by atoms with Crippen LogP contribution in [0.15, 0.2) is 62.3 Å². The molecule has 0 spiro atoms. The van der Waals surface area contributed by atoms with Crippen molar-refractivity contribution in [2.45, 2.75) is 27.8 Å². The van der Waals surface area contributed by atoms with Gasteiger partial charge < -0.3 is 4.74 Å². The van der Waals surface area contributed by atoms with Crippen LogP contribution in [-0.4, -0.2) is 34.7 Å². The lowest BCUT2D eigenvalue weighted by Gasteiger charge is -2.03. The second-order valence-electron chi connectivity index (χ2n) is 6.21. The number of amides is 1. The van der Waals surface area contributed by atoms with Crippen LogP contribution in [0.3, 0.4) is 0 Å². The maximum atomic E-state index is 12.0. The van der Waals surface area contributed by atoms with Gasteiger partial charge >= 0.3 is 0 Å². The number of nitrogens with one attached hydrogen (secondary N) is 1. The fourth-order valence-corrected chi connectivity index (χ4v) is 5.38. The highest BCUT2D eigenvalue weighted by atomic mass is 35.5. The summed E-state index contributed by atoms with van der Waals surface area (Å²) in [7, 11) is 0. The molecule has 0 atom stereocenters. The summed E-state index contributed by atoms with van der Waals surface area (Å²) in [6, 6.07) is 15.3. The van der Waals surface area contributed by atoms with Crippen molar-refractivity contribution in [3.63, 3.8) is 0 Å². The van der Waals surface area contributed by atoms with Crippen LogP contribution in [-0.2, 0) is 10.5 Å². The van der Waals surface area contributed by atoms with Crippen molar-refractivity contribution >= 4 is 58.6 Å². The van der Waals surface area contributed by atoms with E-state index in [9.17, 15) is 4.79 Å². The van der Waals surface area contributed by atoms with E-state index in [0.29, 0.717) is 6.61 Å². The number of hydrogen-bond donors (Lipinski definition) is 1. The maximum Gasteiger partial charge on any atom is 0.250 e. The number of carbonyl (C=O) groups excluding carboxylic acids is 1. The maximum absolute atomic E-state index is 12.0. The fourth-order valence-electron chi connectivity index (χ4n) is 2.28. The van der Waals surface area contributed by atoms with Gasteiger partial charge in [-0.05, 0) is 47.9 Å². The molecule has 0 unspecified atom stereocenters. The predicted molar refractivity (Wildman–Crippen MR) is 130 cm³/mol. The zero-order valence-electron chi connectivity index (χ0n) is 16.8. The molecule has 10 heteroatoms. The fraction of sp³-hybridized carbons (Fsp3) is 0.238. The van der Waals surface area contributed by atoms with Crippen molar-refractivity contribution in [3.05, 3.63) is 64.7 Å². The Balaban J connectivity index is 1.38. The second-order valence-corrected chi connectivity index (χ2v) is 10.0. The average molecular weight is 493 g/mol. The Kier molecular flexibility index (Phi) is 9.67. The summed E-state index contributed by atoms with van der Waals surface area (Å²) in [5, 5.41) is 13.0. The number of hydrogen-bond acceptors (Lipinski definition) is 8. The topological polar surface area (TPSA) is 76.5 Å². The van der Waals surface area contributed by atoms with Gasteiger partial charge in [-0.25, -0.2) is 5.43 Å². The minimum Gasteiger partial charge on any atom is -0.494 e. The van der Waals surface area contributed by atoms with Crippen LogP contribution >= 0.6 is 46.5 Å². The molecule has 1 amide bonds. The van der Waals surface area contributed by atoms with Gasteiger partial charge in [-0.15, -0.1) is 10.2 Å². The van der Waals surface area contributed by atoms with Crippen molar-refractivity contribution in [2.24, 2.45) is 5.10 Å². The van der Waals surface area contributed by atoms with E-state index in [-0.39, 0.29) is 11.7 Å². The van der Waals surface area contributed by atoms with E-state index in [1.165, 1.54) is 23.1 Å². The van der Waals surface area contributed by atoms with Gasteiger partial charge in [-0.1, -0.05) is 71.6 Å². The molecule has 0 aliphatic heterocycles. The zero-order chi connectivity index (χ0) is 21.9. The van der Waals surface area contributed by atoms with Crippen molar-refractivity contribution in [3.8, 4) is 5.75 Å². The van der Waals surface area contributed by atoms with Crippen LogP contribution in [0.4, 0.5) is 0 Å². The standard InChI is InChI=1S/C21H21ClN4O2S3/c1-2-11-28-17-9-7-15(8-10-17)12-23-24-19(27)14-30-21-26-25-20(31-21)29-13-16-5-3-4-6-18(16)22/h3-10,12H,2,11,13-14H2,1H3,(H,24,27)/b23-12-. The van der Waals surface area contributed by atoms with Crippen LogP contribution < -0.4 is 10.2 Å². The highest BCUT2D eigenvalue weighted by Crippen LogP contribution is 2.32. The third-order valence-electron chi connectivity index (χ3n) is 3.78. The number of rotatable bonds is 11. The first-order valence-electron chi connectivity index (χ1n) is 9.51.